The summed E-state index contributed by atoms with van der Waals surface area (Å²) in [5.74, 6) is 0.244. The van der Waals surface area contributed by atoms with Crippen LogP contribution in [0.4, 0.5) is 4.39 Å². The summed E-state index contributed by atoms with van der Waals surface area (Å²) in [6, 6.07) is 0. The van der Waals surface area contributed by atoms with E-state index in [0.29, 0.717) is 25.4 Å². The lowest BCUT2D eigenvalue weighted by Gasteiger charge is -2.17. The number of alkyl halides is 1. The molecule has 3 heteroatoms. The van der Waals surface area contributed by atoms with Gasteiger partial charge in [0.15, 0.2) is 0 Å². The number of rotatable bonds is 7. The van der Waals surface area contributed by atoms with Gasteiger partial charge in [-0.2, -0.15) is 0 Å². The Labute approximate surface area is 120 Å². The van der Waals surface area contributed by atoms with Crippen LogP contribution in [0.25, 0.3) is 0 Å². The lowest BCUT2D eigenvalue weighted by Crippen LogP contribution is -2.16. The molecular weight excluding hydrogens is 243 g/mol. The average Bonchev–Trinajstić information content (AvgIpc) is 2.40. The first-order chi connectivity index (χ1) is 8.95. The van der Waals surface area contributed by atoms with Gasteiger partial charge in [-0.15, -0.1) is 0 Å². The lowest BCUT2D eigenvalue weighted by molar-refractivity contribution is -0.142. The van der Waals surface area contributed by atoms with Crippen molar-refractivity contribution < 1.29 is 13.9 Å². The Hall–Kier alpha value is -0.600. The van der Waals surface area contributed by atoms with E-state index in [0.717, 1.165) is 6.42 Å². The monoisotopic (exact) mass is 278 g/mol. The van der Waals surface area contributed by atoms with Crippen LogP contribution in [0.3, 0.4) is 0 Å². The van der Waals surface area contributed by atoms with Crippen molar-refractivity contribution >= 4 is 5.97 Å². The largest absolute Gasteiger partial charge is 0.466 e. The van der Waals surface area contributed by atoms with E-state index in [1.807, 2.05) is 34.6 Å². The number of hydrogen-bond acceptors (Lipinski definition) is 2. The molecule has 0 aromatic heterocycles. The normalized spacial score (nSPS) is 13.9. The third-order valence-corrected chi connectivity index (χ3v) is 2.58. The van der Waals surface area contributed by atoms with E-state index in [-0.39, 0.29) is 11.9 Å². The molecule has 0 aliphatic heterocycles. The van der Waals surface area contributed by atoms with Crippen LogP contribution < -0.4 is 0 Å². The maximum atomic E-state index is 13.5. The highest BCUT2D eigenvalue weighted by Gasteiger charge is 2.15. The maximum absolute atomic E-state index is 13.5. The molecule has 0 heterocycles. The summed E-state index contributed by atoms with van der Waals surface area (Å²) in [6.07, 6.45) is 1.34. The van der Waals surface area contributed by atoms with Gasteiger partial charge in [0.2, 0.25) is 0 Å². The minimum atomic E-state index is -0.773. The molecule has 0 aliphatic carbocycles. The van der Waals surface area contributed by atoms with Gasteiger partial charge in [-0.3, -0.25) is 4.79 Å². The maximum Gasteiger partial charge on any atom is 0.302 e. The third kappa shape index (κ3) is 19.9. The van der Waals surface area contributed by atoms with Crippen LogP contribution in [0.2, 0.25) is 0 Å². The van der Waals surface area contributed by atoms with E-state index >= 15 is 0 Å². The predicted molar refractivity (Wildman–Crippen MR) is 82.1 cm³/mol. The topological polar surface area (TPSA) is 26.3 Å². The summed E-state index contributed by atoms with van der Waals surface area (Å²) >= 11 is 0. The molecule has 0 rings (SSSR count). The Balaban J connectivity index is -0.000000579. The zero-order valence-corrected chi connectivity index (χ0v) is 14.3. The Bertz CT molecular complexity index is 184. The smallest absolute Gasteiger partial charge is 0.302 e. The minimum Gasteiger partial charge on any atom is -0.466 e. The second kappa shape index (κ2) is 17.4. The van der Waals surface area contributed by atoms with Crippen LogP contribution in [-0.4, -0.2) is 18.7 Å². The van der Waals surface area contributed by atoms with Crippen molar-refractivity contribution in [2.45, 2.75) is 80.8 Å². The molecule has 0 N–H and O–H groups in total. The fourth-order valence-corrected chi connectivity index (χ4v) is 1.46. The molecule has 3 atom stereocenters. The van der Waals surface area contributed by atoms with Crippen molar-refractivity contribution in [3.63, 3.8) is 0 Å². The van der Waals surface area contributed by atoms with E-state index < -0.39 is 6.17 Å². The van der Waals surface area contributed by atoms with Crippen molar-refractivity contribution in [3.05, 3.63) is 0 Å². The molecule has 0 saturated heterocycles. The van der Waals surface area contributed by atoms with Crippen molar-refractivity contribution in [1.82, 2.24) is 0 Å². The predicted octanol–water partition coefficient (Wildman–Crippen LogP) is 5.40. The molecule has 0 saturated carbocycles. The highest BCUT2D eigenvalue weighted by Crippen LogP contribution is 2.18. The number of halogens is 1. The van der Waals surface area contributed by atoms with Gasteiger partial charge >= 0.3 is 5.97 Å². The number of ether oxygens (including phenoxy) is 1. The summed E-state index contributed by atoms with van der Waals surface area (Å²) in [5, 5.41) is 0. The Morgan fingerprint density at radius 1 is 1.05 bits per heavy atom. The molecule has 118 valence electrons. The van der Waals surface area contributed by atoms with Gasteiger partial charge in [0.1, 0.15) is 6.17 Å². The average molecular weight is 278 g/mol. The van der Waals surface area contributed by atoms with Crippen LogP contribution in [0, 0.1) is 11.8 Å². The molecule has 0 aromatic carbocycles. The summed E-state index contributed by atoms with van der Waals surface area (Å²) in [5.41, 5.74) is 0. The van der Waals surface area contributed by atoms with Gasteiger partial charge in [-0.1, -0.05) is 54.9 Å². The first-order valence-electron chi connectivity index (χ1n) is 7.73. The van der Waals surface area contributed by atoms with E-state index in [2.05, 4.69) is 13.8 Å². The molecule has 3 unspecified atom stereocenters. The summed E-state index contributed by atoms with van der Waals surface area (Å²) < 4.78 is 18.3. The van der Waals surface area contributed by atoms with Crippen LogP contribution >= 0.6 is 0 Å². The van der Waals surface area contributed by atoms with Crippen LogP contribution in [0.15, 0.2) is 0 Å². The first-order valence-corrected chi connectivity index (χ1v) is 7.73. The van der Waals surface area contributed by atoms with Gasteiger partial charge < -0.3 is 4.74 Å². The zero-order chi connectivity index (χ0) is 15.8. The number of carbonyl (C=O) groups excluding carboxylic acids is 1. The van der Waals surface area contributed by atoms with Crippen molar-refractivity contribution in [1.29, 1.82) is 0 Å². The lowest BCUT2D eigenvalue weighted by atomic mass is 9.96. The van der Waals surface area contributed by atoms with Crippen molar-refractivity contribution in [3.8, 4) is 0 Å². The molecule has 0 bridgehead atoms. The molecule has 0 aliphatic rings. The summed E-state index contributed by atoms with van der Waals surface area (Å²) in [6.45, 7) is 15.7. The van der Waals surface area contributed by atoms with E-state index in [1.54, 1.807) is 0 Å². The molecule has 19 heavy (non-hydrogen) atoms. The number of esters is 1. The highest BCUT2D eigenvalue weighted by molar-refractivity contribution is 5.65. The van der Waals surface area contributed by atoms with E-state index in [4.69, 9.17) is 4.74 Å². The van der Waals surface area contributed by atoms with Gasteiger partial charge in [-0.05, 0) is 24.7 Å². The van der Waals surface area contributed by atoms with Gasteiger partial charge in [-0.25, -0.2) is 4.39 Å². The van der Waals surface area contributed by atoms with Crippen LogP contribution in [-0.2, 0) is 9.53 Å². The van der Waals surface area contributed by atoms with E-state index in [1.165, 1.54) is 6.92 Å². The minimum absolute atomic E-state index is 0.105. The molecule has 0 aromatic rings. The fraction of sp³-hybridized carbons (Fsp3) is 0.938. The Morgan fingerprint density at radius 2 is 1.47 bits per heavy atom. The standard InChI is InChI=1S/C12H23FO2.2C2H6/c1-5-9(2)6-12(13)7-10(3)8-15-11(4)14;2*1-2/h9-10,12H,5-8H2,1-4H3;2*1-2H3. The molecular formula is C16H35FO2. The highest BCUT2D eigenvalue weighted by atomic mass is 19.1. The van der Waals surface area contributed by atoms with Gasteiger partial charge in [0.25, 0.3) is 0 Å². The number of hydrogen-bond donors (Lipinski definition) is 0. The summed E-state index contributed by atoms with van der Waals surface area (Å²) in [7, 11) is 0. The van der Waals surface area contributed by atoms with Gasteiger partial charge in [0, 0.05) is 6.92 Å². The first kappa shape index (κ1) is 23.5. The fourth-order valence-electron chi connectivity index (χ4n) is 1.46. The second-order valence-electron chi connectivity index (χ2n) is 4.49. The second-order valence-corrected chi connectivity index (χ2v) is 4.49. The van der Waals surface area contributed by atoms with Crippen LogP contribution in [0.1, 0.15) is 74.7 Å². The molecule has 0 radical (unpaired) electrons. The van der Waals surface area contributed by atoms with Crippen molar-refractivity contribution in [2.24, 2.45) is 11.8 Å². The molecule has 0 fully saturated rings. The molecule has 0 amide bonds. The van der Waals surface area contributed by atoms with Crippen LogP contribution in [0.5, 0.6) is 0 Å². The third-order valence-electron chi connectivity index (χ3n) is 2.58. The SMILES string of the molecule is CC.CC.CCC(C)CC(F)CC(C)COC(C)=O. The molecule has 2 nitrogen and oxygen atoms in total. The van der Waals surface area contributed by atoms with Gasteiger partial charge in [0.05, 0.1) is 6.61 Å². The van der Waals surface area contributed by atoms with E-state index in [9.17, 15) is 9.18 Å². The zero-order valence-electron chi connectivity index (χ0n) is 14.3. The number of carbonyl (C=O) groups is 1. The Morgan fingerprint density at radius 3 is 1.84 bits per heavy atom. The van der Waals surface area contributed by atoms with Crippen molar-refractivity contribution in [2.75, 3.05) is 6.61 Å². The molecule has 0 spiro atoms. The Kier molecular flexibility index (Phi) is 21.5. The summed E-state index contributed by atoms with van der Waals surface area (Å²) in [4.78, 5) is 10.5. The quantitative estimate of drug-likeness (QED) is 0.583.